The molecule has 46 heavy (non-hydrogen) atoms. The number of hydrogen-bond acceptors (Lipinski definition) is 4. The minimum Gasteiger partial charge on any atom is -0.444 e. The third-order valence-electron chi connectivity index (χ3n) is 9.34. The van der Waals surface area contributed by atoms with Gasteiger partial charge in [0.05, 0.1) is 10.9 Å². The summed E-state index contributed by atoms with van der Waals surface area (Å²) in [6, 6.07) is 37.8. The van der Waals surface area contributed by atoms with Crippen LogP contribution in [0.1, 0.15) is 50.3 Å². The first-order valence-electron chi connectivity index (χ1n) is 15.8. The summed E-state index contributed by atoms with van der Waals surface area (Å²) in [6.07, 6.45) is 1.00. The number of benzene rings is 4. The summed E-state index contributed by atoms with van der Waals surface area (Å²) in [7, 11) is 0. The van der Waals surface area contributed by atoms with Crippen LogP contribution in [-0.4, -0.2) is 51.9 Å². The first kappa shape index (κ1) is 30.5. The van der Waals surface area contributed by atoms with Crippen LogP contribution in [0.2, 0.25) is 0 Å². The summed E-state index contributed by atoms with van der Waals surface area (Å²) in [4.78, 5) is 30.4. The van der Waals surface area contributed by atoms with E-state index >= 15 is 0 Å². The van der Waals surface area contributed by atoms with Crippen LogP contribution < -0.4 is 4.90 Å². The molecular weight excluding hydrogens is 687 g/mol. The highest BCUT2D eigenvalue weighted by atomic mass is 127. The summed E-state index contributed by atoms with van der Waals surface area (Å²) in [5, 5.41) is 6.24. The smallest absolute Gasteiger partial charge is 0.410 e. The van der Waals surface area contributed by atoms with Crippen molar-refractivity contribution in [1.82, 2.24) is 14.7 Å². The van der Waals surface area contributed by atoms with Crippen LogP contribution in [-0.2, 0) is 15.1 Å². The summed E-state index contributed by atoms with van der Waals surface area (Å²) in [6.45, 7) is 7.12. The highest BCUT2D eigenvalue weighted by molar-refractivity contribution is 14.1. The van der Waals surface area contributed by atoms with Crippen LogP contribution in [0.3, 0.4) is 0 Å². The Morgan fingerprint density at radius 3 is 1.89 bits per heavy atom. The SMILES string of the molecule is CC(C)(C)OC(=O)N1CC[C@]2(CCN(c3ccc4c(c3)c(I)nn4C(c3ccccc3)(c3ccccc3)c3ccccc3)C2=O)C1. The maximum absolute atomic E-state index is 14.0. The number of rotatable bonds is 5. The van der Waals surface area contributed by atoms with E-state index in [0.29, 0.717) is 32.5 Å². The van der Waals surface area contributed by atoms with Crippen molar-refractivity contribution >= 4 is 51.2 Å². The molecule has 2 saturated heterocycles. The number of likely N-dealkylation sites (tertiary alicyclic amines) is 1. The van der Waals surface area contributed by atoms with Crippen molar-refractivity contribution < 1.29 is 14.3 Å². The zero-order valence-corrected chi connectivity index (χ0v) is 28.5. The largest absolute Gasteiger partial charge is 0.444 e. The monoisotopic (exact) mass is 724 g/mol. The number of ether oxygens (including phenoxy) is 1. The molecule has 0 N–H and O–H groups in total. The van der Waals surface area contributed by atoms with E-state index in [4.69, 9.17) is 9.84 Å². The van der Waals surface area contributed by atoms with Crippen molar-refractivity contribution in [1.29, 1.82) is 0 Å². The number of carbonyl (C=O) groups excluding carboxylic acids is 2. The lowest BCUT2D eigenvalue weighted by Crippen LogP contribution is -2.40. The number of anilines is 1. The fourth-order valence-electron chi connectivity index (χ4n) is 7.20. The summed E-state index contributed by atoms with van der Waals surface area (Å²) >= 11 is 2.32. The number of amides is 2. The summed E-state index contributed by atoms with van der Waals surface area (Å²) in [5.41, 5.74) is 3.24. The number of carbonyl (C=O) groups is 2. The van der Waals surface area contributed by atoms with E-state index < -0.39 is 16.6 Å². The maximum Gasteiger partial charge on any atom is 0.410 e. The number of hydrogen-bond donors (Lipinski definition) is 0. The van der Waals surface area contributed by atoms with Crippen LogP contribution in [0, 0.1) is 9.12 Å². The van der Waals surface area contributed by atoms with Gasteiger partial charge in [0.25, 0.3) is 0 Å². The van der Waals surface area contributed by atoms with Crippen molar-refractivity contribution in [3.05, 3.63) is 130 Å². The molecule has 2 aliphatic rings. The third-order valence-corrected chi connectivity index (χ3v) is 10.1. The number of fused-ring (bicyclic) bond motifs is 1. The first-order valence-corrected chi connectivity index (χ1v) is 16.9. The van der Waals surface area contributed by atoms with Crippen molar-refractivity contribution in [2.24, 2.45) is 5.41 Å². The molecule has 2 aliphatic heterocycles. The first-order chi connectivity index (χ1) is 22.1. The lowest BCUT2D eigenvalue weighted by atomic mass is 9.77. The fraction of sp³-hybridized carbons (Fsp3) is 0.289. The van der Waals surface area contributed by atoms with E-state index in [1.54, 1.807) is 4.90 Å². The number of aromatic nitrogens is 2. The molecule has 4 aromatic carbocycles. The second kappa shape index (κ2) is 11.6. The summed E-state index contributed by atoms with van der Waals surface area (Å²) in [5.74, 6) is 0.0764. The second-order valence-electron chi connectivity index (χ2n) is 13.4. The zero-order valence-electron chi connectivity index (χ0n) is 26.3. The molecule has 1 spiro atoms. The molecule has 8 heteroatoms. The third kappa shape index (κ3) is 5.07. The molecule has 1 atom stereocenters. The average Bonchev–Trinajstić information content (AvgIpc) is 3.74. The van der Waals surface area contributed by atoms with E-state index in [0.717, 1.165) is 37.0 Å². The van der Waals surface area contributed by atoms with Gasteiger partial charge in [-0.15, -0.1) is 0 Å². The predicted molar refractivity (Wildman–Crippen MR) is 189 cm³/mol. The van der Waals surface area contributed by atoms with Gasteiger partial charge in [0.2, 0.25) is 5.91 Å². The quantitative estimate of drug-likeness (QED) is 0.137. The molecule has 0 radical (unpaired) electrons. The molecule has 0 bridgehead atoms. The van der Waals surface area contributed by atoms with Gasteiger partial charge in [-0.1, -0.05) is 91.0 Å². The van der Waals surface area contributed by atoms with Crippen molar-refractivity contribution in [3.63, 3.8) is 0 Å². The second-order valence-corrected chi connectivity index (χ2v) is 14.4. The Hall–Kier alpha value is -4.18. The Bertz CT molecular complexity index is 1810. The van der Waals surface area contributed by atoms with E-state index in [1.807, 2.05) is 49.9 Å². The molecule has 0 aliphatic carbocycles. The highest BCUT2D eigenvalue weighted by Gasteiger charge is 2.52. The van der Waals surface area contributed by atoms with E-state index in [-0.39, 0.29) is 12.0 Å². The fourth-order valence-corrected chi connectivity index (χ4v) is 7.85. The Morgan fingerprint density at radius 1 is 0.804 bits per heavy atom. The molecule has 2 fully saturated rings. The minimum absolute atomic E-state index is 0.0764. The van der Waals surface area contributed by atoms with Crippen molar-refractivity contribution in [3.8, 4) is 0 Å². The number of halogens is 1. The zero-order chi connectivity index (χ0) is 32.1. The molecule has 7 rings (SSSR count). The molecule has 0 saturated carbocycles. The molecular formula is C38H37IN4O3. The molecule has 234 valence electrons. The Morgan fingerprint density at radius 2 is 1.35 bits per heavy atom. The predicted octanol–water partition coefficient (Wildman–Crippen LogP) is 7.85. The molecule has 0 unspecified atom stereocenters. The van der Waals surface area contributed by atoms with Crippen LogP contribution in [0.25, 0.3) is 10.9 Å². The van der Waals surface area contributed by atoms with E-state index in [1.165, 1.54) is 0 Å². The van der Waals surface area contributed by atoms with Gasteiger partial charge >= 0.3 is 6.09 Å². The van der Waals surface area contributed by atoms with E-state index in [2.05, 4.69) is 112 Å². The molecule has 2 amide bonds. The Balaban J connectivity index is 1.30. The molecule has 7 nitrogen and oxygen atoms in total. The normalized spacial score (nSPS) is 18.6. The van der Waals surface area contributed by atoms with Crippen LogP contribution >= 0.6 is 22.6 Å². The Labute approximate surface area is 283 Å². The van der Waals surface area contributed by atoms with Crippen LogP contribution in [0.15, 0.2) is 109 Å². The van der Waals surface area contributed by atoms with Gasteiger partial charge in [0.1, 0.15) is 14.8 Å². The van der Waals surface area contributed by atoms with E-state index in [9.17, 15) is 9.59 Å². The lowest BCUT2D eigenvalue weighted by molar-refractivity contribution is -0.124. The van der Waals surface area contributed by atoms with Gasteiger partial charge in [0, 0.05) is 30.7 Å². The lowest BCUT2D eigenvalue weighted by Gasteiger charge is -2.37. The summed E-state index contributed by atoms with van der Waals surface area (Å²) < 4.78 is 8.62. The van der Waals surface area contributed by atoms with Gasteiger partial charge in [-0.2, -0.15) is 5.10 Å². The van der Waals surface area contributed by atoms with Crippen LogP contribution in [0.5, 0.6) is 0 Å². The van der Waals surface area contributed by atoms with Gasteiger partial charge in [0.15, 0.2) is 0 Å². The average molecular weight is 725 g/mol. The number of nitrogens with zero attached hydrogens (tertiary/aromatic N) is 4. The maximum atomic E-state index is 14.0. The van der Waals surface area contributed by atoms with Gasteiger partial charge in [-0.25, -0.2) is 9.48 Å². The van der Waals surface area contributed by atoms with Gasteiger partial charge in [-0.3, -0.25) is 4.79 Å². The van der Waals surface area contributed by atoms with Crippen molar-refractivity contribution in [2.45, 2.75) is 44.8 Å². The van der Waals surface area contributed by atoms with Gasteiger partial charge < -0.3 is 14.5 Å². The van der Waals surface area contributed by atoms with Gasteiger partial charge in [-0.05, 0) is 91.1 Å². The standard InChI is InChI=1S/C38H37IN4O3/c1-36(2,3)46-35(45)41-23-21-37(26-41)22-24-42(34(37)44)30-19-20-32-31(25-30)33(39)40-43(32)38(27-13-7-4-8-14-27,28-15-9-5-10-16-28)29-17-11-6-12-18-29/h4-20,25H,21-24,26H2,1-3H3/t37-/m0/s1. The molecule has 3 heterocycles. The molecule has 1 aromatic heterocycles. The van der Waals surface area contributed by atoms with Crippen LogP contribution in [0.4, 0.5) is 10.5 Å². The topological polar surface area (TPSA) is 67.7 Å². The molecule has 5 aromatic rings. The minimum atomic E-state index is -0.741. The van der Waals surface area contributed by atoms with Crippen molar-refractivity contribution in [2.75, 3.05) is 24.5 Å². The Kier molecular flexibility index (Phi) is 7.66. The highest BCUT2D eigenvalue weighted by Crippen LogP contribution is 2.45.